The maximum absolute atomic E-state index is 14.4. The molecule has 1 unspecified atom stereocenters. The summed E-state index contributed by atoms with van der Waals surface area (Å²) in [6, 6.07) is 0.0181. The van der Waals surface area contributed by atoms with Gasteiger partial charge in [-0.15, -0.1) is 0 Å². The zero-order valence-electron chi connectivity index (χ0n) is 35.7. The molecule has 3 aliphatic rings. The smallest absolute Gasteiger partial charge is 0.309 e. The fraction of sp³-hybridized carbons (Fsp3) is 0.927. The monoisotopic (exact) mass is 788 g/mol. The minimum absolute atomic E-state index is 0.00801. The molecule has 0 bridgehead atoms. The summed E-state index contributed by atoms with van der Waals surface area (Å²) in [5.41, 5.74) is -4.05. The summed E-state index contributed by atoms with van der Waals surface area (Å²) in [6.07, 6.45) is -4.45. The third-order valence-electron chi connectivity index (χ3n) is 13.1. The van der Waals surface area contributed by atoms with Gasteiger partial charge in [-0.1, -0.05) is 27.7 Å². The number of esters is 2. The van der Waals surface area contributed by atoms with Gasteiger partial charge in [-0.25, -0.2) is 0 Å². The Kier molecular flexibility index (Phi) is 17.1. The molecule has 16 atom stereocenters. The number of Topliss-reactive ketones (excluding diaryl/α,β-unsaturated/α-hetero) is 1. The maximum Gasteiger partial charge on any atom is 0.309 e. The molecule has 0 spiro atoms. The van der Waals surface area contributed by atoms with Crippen molar-refractivity contribution in [3.05, 3.63) is 0 Å². The van der Waals surface area contributed by atoms with Gasteiger partial charge in [0.05, 0.1) is 60.7 Å². The first-order valence-corrected chi connectivity index (χ1v) is 20.3. The molecule has 0 radical (unpaired) electrons. The van der Waals surface area contributed by atoms with E-state index >= 15 is 0 Å². The first kappa shape index (κ1) is 47.6. The van der Waals surface area contributed by atoms with Crippen LogP contribution in [0.3, 0.4) is 0 Å². The van der Waals surface area contributed by atoms with Gasteiger partial charge in [0, 0.05) is 57.9 Å². The fourth-order valence-electron chi connectivity index (χ4n) is 9.21. The fourth-order valence-corrected chi connectivity index (χ4v) is 9.21. The summed E-state index contributed by atoms with van der Waals surface area (Å²) >= 11 is 0. The van der Waals surface area contributed by atoms with E-state index in [2.05, 4.69) is 4.90 Å². The van der Waals surface area contributed by atoms with Crippen LogP contribution in [0, 0.1) is 23.7 Å². The molecular weight excluding hydrogens is 714 g/mol. The van der Waals surface area contributed by atoms with Crippen molar-refractivity contribution in [3.63, 3.8) is 0 Å². The molecule has 0 aromatic rings. The van der Waals surface area contributed by atoms with Gasteiger partial charge in [-0.05, 0) is 73.8 Å². The largest absolute Gasteiger partial charge is 0.466 e. The van der Waals surface area contributed by atoms with Gasteiger partial charge >= 0.3 is 11.9 Å². The molecule has 0 aromatic carbocycles. The molecule has 55 heavy (non-hydrogen) atoms. The van der Waals surface area contributed by atoms with E-state index in [4.69, 9.17) is 33.2 Å². The second-order valence-corrected chi connectivity index (χ2v) is 17.1. The number of carbonyl (C=O) groups is 3. The van der Waals surface area contributed by atoms with Crippen LogP contribution in [0.5, 0.6) is 0 Å². The summed E-state index contributed by atoms with van der Waals surface area (Å²) in [5.74, 6) is -4.10. The van der Waals surface area contributed by atoms with E-state index in [1.165, 1.54) is 6.92 Å². The quantitative estimate of drug-likeness (QED) is 0.257. The average Bonchev–Trinajstić information content (AvgIpc) is 3.14. The van der Waals surface area contributed by atoms with Crippen LogP contribution in [0.25, 0.3) is 0 Å². The molecule has 3 fully saturated rings. The highest BCUT2D eigenvalue weighted by Crippen LogP contribution is 2.45. The maximum atomic E-state index is 14.4. The van der Waals surface area contributed by atoms with Crippen molar-refractivity contribution in [1.29, 1.82) is 0 Å². The normalized spacial score (nSPS) is 44.1. The Morgan fingerprint density at radius 3 is 2.15 bits per heavy atom. The number of ether oxygens (including phenoxy) is 7. The van der Waals surface area contributed by atoms with Crippen LogP contribution in [-0.2, 0) is 47.5 Å². The predicted molar refractivity (Wildman–Crippen MR) is 204 cm³/mol. The molecule has 0 aliphatic carbocycles. The van der Waals surface area contributed by atoms with Crippen molar-refractivity contribution < 1.29 is 62.9 Å². The van der Waals surface area contributed by atoms with Gasteiger partial charge in [0.2, 0.25) is 0 Å². The second-order valence-electron chi connectivity index (χ2n) is 17.1. The number of nitrogens with zero attached hydrogens (tertiary/aromatic N) is 1. The molecule has 3 saturated heterocycles. The van der Waals surface area contributed by atoms with Crippen molar-refractivity contribution >= 4 is 17.7 Å². The first-order valence-electron chi connectivity index (χ1n) is 20.3. The second kappa shape index (κ2) is 19.8. The van der Waals surface area contributed by atoms with Crippen LogP contribution in [0.2, 0.25) is 0 Å². The Morgan fingerprint density at radius 2 is 1.56 bits per heavy atom. The number of methoxy groups -OCH3 is 2. The average molecular weight is 788 g/mol. The number of aliphatic hydroxyl groups is 3. The lowest BCUT2D eigenvalue weighted by Crippen LogP contribution is -2.61. The molecule has 0 saturated carbocycles. The minimum atomic E-state index is -1.93. The van der Waals surface area contributed by atoms with E-state index in [1.54, 1.807) is 48.8 Å². The lowest BCUT2D eigenvalue weighted by molar-refractivity contribution is -0.278. The third-order valence-corrected chi connectivity index (χ3v) is 13.1. The summed E-state index contributed by atoms with van der Waals surface area (Å²) in [7, 11) is 5.07. The van der Waals surface area contributed by atoms with E-state index in [9.17, 15) is 29.7 Å². The number of hydrogen-bond donors (Lipinski definition) is 3. The molecule has 3 aliphatic heterocycles. The van der Waals surface area contributed by atoms with Crippen molar-refractivity contribution in [2.24, 2.45) is 23.7 Å². The Morgan fingerprint density at radius 1 is 0.927 bits per heavy atom. The number of hydrogen-bond acceptors (Lipinski definition) is 14. The SMILES string of the molecule is CCOC(=O)CCN(C)[C@@H]1C[C@H](O[C@@H]2[C@@H](C)[C@H](C3C[C@@](C)(OC)[C@@H](O)[C@H](C)O3)[C@@H](C)C(=O)O[C@H](CC)[C@@](C)(O)[C@H](O)[C@@H](C)C(=O)CC[C@@]2(C)OC)O[C@H](C)C1. The lowest BCUT2D eigenvalue weighted by atomic mass is 9.68. The van der Waals surface area contributed by atoms with E-state index in [0.29, 0.717) is 19.6 Å². The summed E-state index contributed by atoms with van der Waals surface area (Å²) in [4.78, 5) is 42.4. The minimum Gasteiger partial charge on any atom is -0.466 e. The number of rotatable bonds is 11. The molecule has 3 heterocycles. The van der Waals surface area contributed by atoms with Gasteiger partial charge in [0.15, 0.2) is 6.29 Å². The van der Waals surface area contributed by atoms with E-state index in [0.717, 1.165) is 6.42 Å². The highest BCUT2D eigenvalue weighted by molar-refractivity contribution is 5.81. The summed E-state index contributed by atoms with van der Waals surface area (Å²) in [6.45, 7) is 18.5. The van der Waals surface area contributed by atoms with Crippen molar-refractivity contribution in [2.75, 3.05) is 34.4 Å². The molecule has 14 nitrogen and oxygen atoms in total. The van der Waals surface area contributed by atoms with Crippen molar-refractivity contribution in [2.45, 2.75) is 186 Å². The number of ketones is 1. The zero-order chi connectivity index (χ0) is 41.6. The predicted octanol–water partition coefficient (Wildman–Crippen LogP) is 3.82. The topological polar surface area (TPSA) is 180 Å². The van der Waals surface area contributed by atoms with Crippen LogP contribution in [-0.4, -0.2) is 144 Å². The van der Waals surface area contributed by atoms with Crippen LogP contribution in [0.1, 0.15) is 114 Å². The standard InChI is InChI=1S/C41H73NO13/c1-14-31-41(10,48)35(45)24(4)29(43)16-18-39(8,49-12)37(55-33-21-28(20-23(3)52-33)42(11)19-17-32(44)51-15-2)25(5)34(26(6)38(47)54-31)30-22-40(9,50-13)36(46)27(7)53-30/h23-28,30-31,33-37,45-46,48H,14-22H2,1-13H3/t23-,24+,25+,26-,27+,28+,30?,31-,33+,34+,35-,36+,37-,39-,40-,41-/m1/s1. The van der Waals surface area contributed by atoms with E-state index in [1.807, 2.05) is 34.7 Å². The summed E-state index contributed by atoms with van der Waals surface area (Å²) < 4.78 is 43.5. The Hall–Kier alpha value is -1.75. The number of cyclic esters (lactones) is 1. The molecule has 320 valence electrons. The van der Waals surface area contributed by atoms with E-state index < -0.39 is 89.4 Å². The lowest BCUT2D eigenvalue weighted by Gasteiger charge is -2.51. The zero-order valence-corrected chi connectivity index (χ0v) is 35.7. The van der Waals surface area contributed by atoms with Gasteiger partial charge in [-0.2, -0.15) is 0 Å². The first-order chi connectivity index (χ1) is 25.6. The van der Waals surface area contributed by atoms with Crippen LogP contribution in [0.4, 0.5) is 0 Å². The van der Waals surface area contributed by atoms with Gasteiger partial charge in [0.1, 0.15) is 23.6 Å². The molecule has 3 rings (SSSR count). The van der Waals surface area contributed by atoms with Crippen molar-refractivity contribution in [3.8, 4) is 0 Å². The molecular formula is C41H73NO13. The van der Waals surface area contributed by atoms with Gasteiger partial charge < -0.3 is 53.4 Å². The van der Waals surface area contributed by atoms with Crippen molar-refractivity contribution in [1.82, 2.24) is 4.90 Å². The van der Waals surface area contributed by atoms with Crippen LogP contribution >= 0.6 is 0 Å². The highest BCUT2D eigenvalue weighted by Gasteiger charge is 2.55. The molecule has 14 heteroatoms. The number of aliphatic hydroxyl groups excluding tert-OH is 2. The molecule has 0 aromatic heterocycles. The van der Waals surface area contributed by atoms with Crippen LogP contribution in [0.15, 0.2) is 0 Å². The third kappa shape index (κ3) is 11.1. The molecule has 3 N–H and O–H groups in total. The van der Waals surface area contributed by atoms with E-state index in [-0.39, 0.29) is 56.0 Å². The highest BCUT2D eigenvalue weighted by atomic mass is 16.7. The van der Waals surface area contributed by atoms with Gasteiger partial charge in [-0.3, -0.25) is 14.4 Å². The van der Waals surface area contributed by atoms with Crippen LogP contribution < -0.4 is 0 Å². The Balaban J connectivity index is 2.15. The Labute approximate surface area is 329 Å². The number of carbonyl (C=O) groups excluding carboxylic acids is 3. The Bertz CT molecular complexity index is 1270. The molecule has 0 amide bonds. The van der Waals surface area contributed by atoms with Gasteiger partial charge in [0.25, 0.3) is 0 Å². The summed E-state index contributed by atoms with van der Waals surface area (Å²) in [5, 5.41) is 34.2.